The van der Waals surface area contributed by atoms with Gasteiger partial charge in [-0.1, -0.05) is 24.3 Å². The summed E-state index contributed by atoms with van der Waals surface area (Å²) in [6.45, 7) is 1.70. The van der Waals surface area contributed by atoms with Gasteiger partial charge in [0.25, 0.3) is 0 Å². The van der Waals surface area contributed by atoms with E-state index in [4.69, 9.17) is 5.26 Å². The minimum absolute atomic E-state index is 0.0601. The summed E-state index contributed by atoms with van der Waals surface area (Å²) < 4.78 is 0. The number of carbonyl (C=O) groups excluding carboxylic acids is 1. The van der Waals surface area contributed by atoms with Gasteiger partial charge in [-0.25, -0.2) is 4.89 Å². The first-order valence-corrected chi connectivity index (χ1v) is 4.33. The molecule has 0 amide bonds. The van der Waals surface area contributed by atoms with Gasteiger partial charge in [0.15, 0.2) is 5.78 Å². The first-order chi connectivity index (χ1) is 6.67. The van der Waals surface area contributed by atoms with Crippen LogP contribution in [0.25, 0.3) is 0 Å². The third-order valence-electron chi connectivity index (χ3n) is 2.47. The highest BCUT2D eigenvalue weighted by atomic mass is 17.1. The second-order valence-electron chi connectivity index (χ2n) is 3.44. The molecular weight excluding hydrogens is 180 g/mol. The fourth-order valence-corrected chi connectivity index (χ4v) is 1.62. The van der Waals surface area contributed by atoms with Crippen LogP contribution in [0.1, 0.15) is 22.8 Å². The van der Waals surface area contributed by atoms with Crippen LogP contribution in [0, 0.1) is 0 Å². The molecule has 0 spiro atoms. The predicted molar refractivity (Wildman–Crippen MR) is 51.0 cm³/mol. The highest BCUT2D eigenvalue weighted by Crippen LogP contribution is 2.32. The van der Waals surface area contributed by atoms with Crippen molar-refractivity contribution in [1.29, 1.82) is 0 Å². The van der Waals surface area contributed by atoms with Gasteiger partial charge in [0.2, 0.25) is 0 Å². The molecule has 1 aromatic rings. The molecule has 0 aromatic heterocycles. The molecule has 2 rings (SSSR count). The third kappa shape index (κ3) is 1.18. The van der Waals surface area contributed by atoms with Crippen molar-refractivity contribution in [3.8, 4) is 0 Å². The van der Waals surface area contributed by atoms with Crippen LogP contribution < -0.4 is 0 Å². The summed E-state index contributed by atoms with van der Waals surface area (Å²) in [4.78, 5) is 15.9. The Morgan fingerprint density at radius 2 is 2.07 bits per heavy atom. The second kappa shape index (κ2) is 3.04. The predicted octanol–water partition coefficient (Wildman–Crippen LogP) is 2.14. The molecule has 0 radical (unpaired) electrons. The average Bonchev–Trinajstić information content (AvgIpc) is 2.24. The van der Waals surface area contributed by atoms with Crippen LogP contribution in [0.4, 0.5) is 0 Å². The average molecular weight is 190 g/mol. The number of ketones is 1. The van der Waals surface area contributed by atoms with Crippen LogP contribution in [0.15, 0.2) is 36.4 Å². The summed E-state index contributed by atoms with van der Waals surface area (Å²) in [5, 5.41) is 8.82. The molecule has 1 atom stereocenters. The summed E-state index contributed by atoms with van der Waals surface area (Å²) >= 11 is 0. The maximum absolute atomic E-state index is 11.5. The van der Waals surface area contributed by atoms with E-state index >= 15 is 0 Å². The zero-order valence-electron chi connectivity index (χ0n) is 7.73. The number of allylic oxidation sites excluding steroid dienone is 1. The first kappa shape index (κ1) is 9.12. The summed E-state index contributed by atoms with van der Waals surface area (Å²) in [5.41, 5.74) is 0.353. The van der Waals surface area contributed by atoms with Gasteiger partial charge in [0, 0.05) is 11.1 Å². The minimum Gasteiger partial charge on any atom is -0.289 e. The lowest BCUT2D eigenvalue weighted by Crippen LogP contribution is -2.27. The monoisotopic (exact) mass is 190 g/mol. The van der Waals surface area contributed by atoms with E-state index in [9.17, 15) is 4.79 Å². The second-order valence-corrected chi connectivity index (χ2v) is 3.44. The van der Waals surface area contributed by atoms with E-state index < -0.39 is 5.60 Å². The molecule has 0 aliphatic heterocycles. The maximum Gasteiger partial charge on any atom is 0.186 e. The molecule has 72 valence electrons. The van der Waals surface area contributed by atoms with Crippen molar-refractivity contribution in [3.05, 3.63) is 47.5 Å². The smallest absolute Gasteiger partial charge is 0.186 e. The molecule has 3 nitrogen and oxygen atoms in total. The molecule has 0 fully saturated rings. The zero-order valence-corrected chi connectivity index (χ0v) is 7.73. The van der Waals surface area contributed by atoms with Crippen molar-refractivity contribution in [1.82, 2.24) is 0 Å². The van der Waals surface area contributed by atoms with E-state index in [1.807, 2.05) is 6.07 Å². The fourth-order valence-electron chi connectivity index (χ4n) is 1.62. The summed E-state index contributed by atoms with van der Waals surface area (Å²) in [6, 6.07) is 7.08. The number of rotatable bonds is 1. The highest BCUT2D eigenvalue weighted by molar-refractivity contribution is 6.07. The van der Waals surface area contributed by atoms with E-state index in [1.165, 1.54) is 6.08 Å². The fraction of sp³-hybridized carbons (Fsp3) is 0.182. The maximum atomic E-state index is 11.5. The molecule has 0 saturated heterocycles. The Labute approximate surface area is 81.6 Å². The van der Waals surface area contributed by atoms with Gasteiger partial charge in [0.05, 0.1) is 0 Å². The summed E-state index contributed by atoms with van der Waals surface area (Å²) in [6.07, 6.45) is 2.97. The Hall–Kier alpha value is -1.45. The molecule has 0 heterocycles. The van der Waals surface area contributed by atoms with Gasteiger partial charge in [-0.2, -0.15) is 0 Å². The molecule has 1 N–H and O–H groups in total. The standard InChI is InChI=1S/C11H10O3/c1-11(14-13)7-6-10(12)8-4-2-3-5-9(8)11/h2-7,13H,1H3/t11-/m1/s1. The summed E-state index contributed by atoms with van der Waals surface area (Å²) in [7, 11) is 0. The van der Waals surface area contributed by atoms with Gasteiger partial charge in [-0.15, -0.1) is 0 Å². The first-order valence-electron chi connectivity index (χ1n) is 4.33. The van der Waals surface area contributed by atoms with Crippen LogP contribution in [0.5, 0.6) is 0 Å². The van der Waals surface area contributed by atoms with E-state index in [2.05, 4.69) is 4.89 Å². The molecule has 1 aromatic carbocycles. The normalized spacial score (nSPS) is 24.9. The van der Waals surface area contributed by atoms with Crippen molar-refractivity contribution < 1.29 is 14.9 Å². The van der Waals surface area contributed by atoms with Crippen molar-refractivity contribution >= 4 is 5.78 Å². The van der Waals surface area contributed by atoms with Crippen LogP contribution in [0.2, 0.25) is 0 Å². The Bertz CT molecular complexity index is 409. The van der Waals surface area contributed by atoms with E-state index in [1.54, 1.807) is 31.2 Å². The van der Waals surface area contributed by atoms with Gasteiger partial charge >= 0.3 is 0 Å². The number of carbonyl (C=O) groups is 1. The topological polar surface area (TPSA) is 46.5 Å². The summed E-state index contributed by atoms with van der Waals surface area (Å²) in [5.74, 6) is -0.0601. The molecular formula is C11H10O3. The van der Waals surface area contributed by atoms with Crippen molar-refractivity contribution in [3.63, 3.8) is 0 Å². The van der Waals surface area contributed by atoms with E-state index in [-0.39, 0.29) is 5.78 Å². The van der Waals surface area contributed by atoms with Gasteiger partial charge in [-0.05, 0) is 19.1 Å². The molecule has 1 aliphatic rings. The van der Waals surface area contributed by atoms with Crippen molar-refractivity contribution in [2.24, 2.45) is 0 Å². The van der Waals surface area contributed by atoms with Crippen molar-refractivity contribution in [2.45, 2.75) is 12.5 Å². The SMILES string of the molecule is C[C@@]1(OO)C=CC(=O)c2ccccc21. The Morgan fingerprint density at radius 3 is 2.79 bits per heavy atom. The van der Waals surface area contributed by atoms with Crippen LogP contribution in [0.3, 0.4) is 0 Å². The van der Waals surface area contributed by atoms with E-state index in [0.717, 1.165) is 0 Å². The van der Waals surface area contributed by atoms with Gasteiger partial charge in [-0.3, -0.25) is 10.1 Å². The van der Waals surface area contributed by atoms with E-state index in [0.29, 0.717) is 11.1 Å². The molecule has 1 aliphatic carbocycles. The van der Waals surface area contributed by atoms with Crippen LogP contribution in [-0.2, 0) is 10.5 Å². The lowest BCUT2D eigenvalue weighted by atomic mass is 9.85. The molecule has 0 unspecified atom stereocenters. The van der Waals surface area contributed by atoms with Crippen molar-refractivity contribution in [2.75, 3.05) is 0 Å². The molecule has 0 saturated carbocycles. The lowest BCUT2D eigenvalue weighted by molar-refractivity contribution is -0.307. The number of hydrogen-bond donors (Lipinski definition) is 1. The minimum atomic E-state index is -0.912. The number of hydrogen-bond acceptors (Lipinski definition) is 3. The Kier molecular flexibility index (Phi) is 1.98. The number of benzene rings is 1. The van der Waals surface area contributed by atoms with Gasteiger partial charge in [0.1, 0.15) is 5.60 Å². The highest BCUT2D eigenvalue weighted by Gasteiger charge is 2.32. The Balaban J connectivity index is 2.64. The quantitative estimate of drug-likeness (QED) is 0.545. The lowest BCUT2D eigenvalue weighted by Gasteiger charge is -2.27. The molecule has 0 bridgehead atoms. The van der Waals surface area contributed by atoms with Crippen LogP contribution >= 0.6 is 0 Å². The molecule has 14 heavy (non-hydrogen) atoms. The number of fused-ring (bicyclic) bond motifs is 1. The zero-order chi connectivity index (χ0) is 10.2. The Morgan fingerprint density at radius 1 is 1.36 bits per heavy atom. The van der Waals surface area contributed by atoms with Gasteiger partial charge < -0.3 is 0 Å². The molecule has 3 heteroatoms. The third-order valence-corrected chi connectivity index (χ3v) is 2.47. The van der Waals surface area contributed by atoms with Crippen LogP contribution in [-0.4, -0.2) is 11.0 Å². The largest absolute Gasteiger partial charge is 0.289 e.